The Morgan fingerprint density at radius 2 is 2.23 bits per heavy atom. The van der Waals surface area contributed by atoms with E-state index in [-0.39, 0.29) is 6.04 Å². The molecule has 3 nitrogen and oxygen atoms in total. The highest BCUT2D eigenvalue weighted by molar-refractivity contribution is 7.98. The van der Waals surface area contributed by atoms with Crippen LogP contribution in [0.1, 0.15) is 29.4 Å². The smallest absolute Gasteiger partial charge is 0.159 e. The third kappa shape index (κ3) is 3.17. The molecular weight excluding hydrogens is 304 g/mol. The monoisotopic (exact) mass is 323 g/mol. The summed E-state index contributed by atoms with van der Waals surface area (Å²) in [5.74, 6) is -0.530. The van der Waals surface area contributed by atoms with Gasteiger partial charge < -0.3 is 4.98 Å². The minimum atomic E-state index is -0.795. The first-order valence-corrected chi connectivity index (χ1v) is 8.77. The number of nitrogens with zero attached hydrogens (tertiary/aromatic N) is 2. The molecule has 1 aromatic carbocycles. The second-order valence-corrected chi connectivity index (χ2v) is 6.52. The number of imidazole rings is 1. The molecule has 1 aliphatic heterocycles. The van der Waals surface area contributed by atoms with Crippen LogP contribution in [0.3, 0.4) is 0 Å². The normalized spacial score (nSPS) is 18.4. The van der Waals surface area contributed by atoms with Gasteiger partial charge >= 0.3 is 0 Å². The molecule has 0 amide bonds. The van der Waals surface area contributed by atoms with Crippen molar-refractivity contribution >= 4 is 11.8 Å². The summed E-state index contributed by atoms with van der Waals surface area (Å²) in [7, 11) is 0. The van der Waals surface area contributed by atoms with Gasteiger partial charge in [0.2, 0.25) is 0 Å². The quantitative estimate of drug-likeness (QED) is 0.913. The van der Waals surface area contributed by atoms with Gasteiger partial charge in [-0.2, -0.15) is 11.8 Å². The van der Waals surface area contributed by atoms with Gasteiger partial charge in [-0.3, -0.25) is 4.90 Å². The number of hydrogen-bond donors (Lipinski definition) is 1. The molecule has 2 aromatic rings. The topological polar surface area (TPSA) is 31.9 Å². The molecule has 22 heavy (non-hydrogen) atoms. The largest absolute Gasteiger partial charge is 0.348 e. The van der Waals surface area contributed by atoms with E-state index >= 15 is 0 Å². The van der Waals surface area contributed by atoms with Gasteiger partial charge in [-0.15, -0.1) is 0 Å². The summed E-state index contributed by atoms with van der Waals surface area (Å²) in [4.78, 5) is 10.00. The SMILES string of the molecule is CSCC[C@H]1c2nc[nH]c2CCN1Cc1ccc(F)c(F)c1. The van der Waals surface area contributed by atoms with E-state index < -0.39 is 11.6 Å². The van der Waals surface area contributed by atoms with E-state index in [1.165, 1.54) is 17.8 Å². The van der Waals surface area contributed by atoms with Gasteiger partial charge in [-0.05, 0) is 36.1 Å². The fourth-order valence-corrected chi connectivity index (χ4v) is 3.47. The summed E-state index contributed by atoms with van der Waals surface area (Å²) in [5, 5.41) is 0. The van der Waals surface area contributed by atoms with Crippen molar-refractivity contribution in [1.82, 2.24) is 14.9 Å². The molecule has 0 saturated carbocycles. The molecule has 0 bridgehead atoms. The lowest BCUT2D eigenvalue weighted by Gasteiger charge is -2.35. The predicted octanol–water partition coefficient (Wildman–Crippen LogP) is 3.54. The van der Waals surface area contributed by atoms with E-state index in [9.17, 15) is 8.78 Å². The molecule has 1 aliphatic rings. The van der Waals surface area contributed by atoms with Crippen LogP contribution in [-0.2, 0) is 13.0 Å². The van der Waals surface area contributed by atoms with Crippen molar-refractivity contribution in [1.29, 1.82) is 0 Å². The zero-order valence-electron chi connectivity index (χ0n) is 12.5. The Kier molecular flexibility index (Phi) is 4.78. The lowest BCUT2D eigenvalue weighted by molar-refractivity contribution is 0.168. The predicted molar refractivity (Wildman–Crippen MR) is 84.8 cm³/mol. The van der Waals surface area contributed by atoms with Crippen LogP contribution in [0.5, 0.6) is 0 Å². The second-order valence-electron chi connectivity index (χ2n) is 5.53. The van der Waals surface area contributed by atoms with Crippen LogP contribution in [0.2, 0.25) is 0 Å². The van der Waals surface area contributed by atoms with E-state index in [2.05, 4.69) is 21.1 Å². The van der Waals surface area contributed by atoms with Gasteiger partial charge in [-0.1, -0.05) is 6.07 Å². The van der Waals surface area contributed by atoms with Crippen molar-refractivity contribution in [2.24, 2.45) is 0 Å². The van der Waals surface area contributed by atoms with E-state index in [0.29, 0.717) is 6.54 Å². The highest BCUT2D eigenvalue weighted by Gasteiger charge is 2.29. The van der Waals surface area contributed by atoms with Crippen LogP contribution >= 0.6 is 11.8 Å². The fourth-order valence-electron chi connectivity index (χ4n) is 3.01. The van der Waals surface area contributed by atoms with E-state index in [1.807, 2.05) is 11.8 Å². The first kappa shape index (κ1) is 15.5. The van der Waals surface area contributed by atoms with Gasteiger partial charge in [0, 0.05) is 25.2 Å². The summed E-state index contributed by atoms with van der Waals surface area (Å²) < 4.78 is 26.5. The molecule has 6 heteroatoms. The molecule has 2 heterocycles. The van der Waals surface area contributed by atoms with Gasteiger partial charge in [0.1, 0.15) is 0 Å². The van der Waals surface area contributed by atoms with Gasteiger partial charge in [0.05, 0.1) is 18.1 Å². The molecule has 3 rings (SSSR count). The summed E-state index contributed by atoms with van der Waals surface area (Å²) in [6, 6.07) is 4.38. The molecule has 1 aromatic heterocycles. The average Bonchev–Trinajstić information content (AvgIpc) is 2.98. The number of benzene rings is 1. The van der Waals surface area contributed by atoms with Gasteiger partial charge in [-0.25, -0.2) is 13.8 Å². The Morgan fingerprint density at radius 1 is 1.36 bits per heavy atom. The maximum absolute atomic E-state index is 13.4. The molecule has 0 unspecified atom stereocenters. The van der Waals surface area contributed by atoms with Crippen molar-refractivity contribution in [3.05, 3.63) is 53.1 Å². The van der Waals surface area contributed by atoms with Crippen LogP contribution in [0.15, 0.2) is 24.5 Å². The van der Waals surface area contributed by atoms with Crippen LogP contribution in [0.4, 0.5) is 8.78 Å². The first-order chi connectivity index (χ1) is 10.7. The van der Waals surface area contributed by atoms with Crippen LogP contribution in [-0.4, -0.2) is 33.4 Å². The Labute approximate surface area is 133 Å². The first-order valence-electron chi connectivity index (χ1n) is 7.38. The van der Waals surface area contributed by atoms with Crippen molar-refractivity contribution in [2.45, 2.75) is 25.4 Å². The number of H-pyrrole nitrogens is 1. The molecule has 1 atom stereocenters. The number of aromatic nitrogens is 2. The maximum Gasteiger partial charge on any atom is 0.159 e. The number of hydrogen-bond acceptors (Lipinski definition) is 3. The molecule has 1 N–H and O–H groups in total. The molecule has 118 valence electrons. The highest BCUT2D eigenvalue weighted by atomic mass is 32.2. The number of halogens is 2. The minimum Gasteiger partial charge on any atom is -0.348 e. The molecule has 0 fully saturated rings. The minimum absolute atomic E-state index is 0.232. The Morgan fingerprint density at radius 3 is 3.00 bits per heavy atom. The van der Waals surface area contributed by atoms with E-state index in [4.69, 9.17) is 0 Å². The van der Waals surface area contributed by atoms with Crippen LogP contribution < -0.4 is 0 Å². The summed E-state index contributed by atoms with van der Waals surface area (Å²) in [6.45, 7) is 1.51. The summed E-state index contributed by atoms with van der Waals surface area (Å²) in [5.41, 5.74) is 3.10. The number of fused-ring (bicyclic) bond motifs is 1. The number of rotatable bonds is 5. The Bertz CT molecular complexity index is 644. The standard InChI is InChI=1S/C16H19F2N3S/c1-22-7-5-15-16-14(19-10-20-16)4-6-21(15)9-11-2-3-12(17)13(18)8-11/h2-3,8,10,15H,4-7,9H2,1H3,(H,19,20)/t15-/m0/s1. The van der Waals surface area contributed by atoms with Crippen LogP contribution in [0.25, 0.3) is 0 Å². The Hall–Kier alpha value is -1.40. The van der Waals surface area contributed by atoms with E-state index in [1.54, 1.807) is 12.4 Å². The van der Waals surface area contributed by atoms with Gasteiger partial charge in [0.15, 0.2) is 11.6 Å². The third-order valence-electron chi connectivity index (χ3n) is 4.12. The van der Waals surface area contributed by atoms with Crippen molar-refractivity contribution in [2.75, 3.05) is 18.6 Å². The summed E-state index contributed by atoms with van der Waals surface area (Å²) >= 11 is 1.81. The molecule has 0 aliphatic carbocycles. The van der Waals surface area contributed by atoms with Crippen molar-refractivity contribution in [3.63, 3.8) is 0 Å². The maximum atomic E-state index is 13.4. The van der Waals surface area contributed by atoms with Gasteiger partial charge in [0.25, 0.3) is 0 Å². The van der Waals surface area contributed by atoms with Crippen LogP contribution in [0, 0.1) is 11.6 Å². The average molecular weight is 323 g/mol. The zero-order valence-corrected chi connectivity index (χ0v) is 13.3. The number of nitrogens with one attached hydrogen (secondary N) is 1. The number of thioether (sulfide) groups is 1. The summed E-state index contributed by atoms with van der Waals surface area (Å²) in [6.07, 6.45) is 5.75. The highest BCUT2D eigenvalue weighted by Crippen LogP contribution is 2.32. The second kappa shape index (κ2) is 6.79. The zero-order chi connectivity index (χ0) is 15.5. The van der Waals surface area contributed by atoms with Crippen molar-refractivity contribution < 1.29 is 8.78 Å². The number of aromatic amines is 1. The molecule has 0 radical (unpaired) electrons. The molecule has 0 spiro atoms. The van der Waals surface area contributed by atoms with E-state index in [0.717, 1.165) is 36.4 Å². The molecule has 0 saturated heterocycles. The lowest BCUT2D eigenvalue weighted by atomic mass is 9.99. The molecular formula is C16H19F2N3S. The van der Waals surface area contributed by atoms with Crippen molar-refractivity contribution in [3.8, 4) is 0 Å². The third-order valence-corrected chi connectivity index (χ3v) is 4.77. The fraction of sp³-hybridized carbons (Fsp3) is 0.438. The Balaban J connectivity index is 1.80. The lowest BCUT2D eigenvalue weighted by Crippen LogP contribution is -2.35.